The fraction of sp³-hybridized carbons (Fsp3) is 0.381. The highest BCUT2D eigenvalue weighted by Gasteiger charge is 2.52. The van der Waals surface area contributed by atoms with Crippen molar-refractivity contribution in [1.29, 1.82) is 0 Å². The number of aromatic nitrogens is 2. The Hall–Kier alpha value is -2.25. The van der Waals surface area contributed by atoms with Gasteiger partial charge in [0.05, 0.1) is 16.7 Å². The second-order valence-corrected chi connectivity index (χ2v) is 8.27. The molecule has 1 fully saturated rings. The van der Waals surface area contributed by atoms with E-state index in [1.165, 1.54) is 16.8 Å². The van der Waals surface area contributed by atoms with Crippen LogP contribution in [0.15, 0.2) is 54.7 Å². The van der Waals surface area contributed by atoms with Crippen LogP contribution in [0.3, 0.4) is 0 Å². The van der Waals surface area contributed by atoms with Crippen LogP contribution in [-0.4, -0.2) is 28.1 Å². The van der Waals surface area contributed by atoms with Crippen molar-refractivity contribution in [2.75, 3.05) is 0 Å². The summed E-state index contributed by atoms with van der Waals surface area (Å²) in [4.78, 5) is 0. The van der Waals surface area contributed by atoms with Crippen LogP contribution in [0, 0.1) is 0 Å². The minimum absolute atomic E-state index is 0.0271. The molecule has 2 heterocycles. The standard InChI is InChI=1S/C21H23BF2N2O2/c1-19(2)20(3,4)28-22(27-19)17-11-8-12-18-16(17)13-26(25-18)14-21(23,24)15-9-6-5-7-10-15/h5-13H,14H2,1-4H3. The van der Waals surface area contributed by atoms with E-state index in [2.05, 4.69) is 5.10 Å². The van der Waals surface area contributed by atoms with Crippen molar-refractivity contribution in [3.05, 3.63) is 60.3 Å². The third kappa shape index (κ3) is 3.23. The molecule has 1 saturated heterocycles. The molecule has 0 N–H and O–H groups in total. The number of alkyl halides is 2. The minimum Gasteiger partial charge on any atom is -0.399 e. The van der Waals surface area contributed by atoms with Gasteiger partial charge in [0, 0.05) is 17.1 Å². The number of hydrogen-bond donors (Lipinski definition) is 0. The monoisotopic (exact) mass is 384 g/mol. The molecule has 0 aliphatic carbocycles. The van der Waals surface area contributed by atoms with E-state index in [1.807, 2.05) is 39.8 Å². The highest BCUT2D eigenvalue weighted by atomic mass is 19.3. The molecule has 0 unspecified atom stereocenters. The first-order valence-corrected chi connectivity index (χ1v) is 9.34. The second-order valence-electron chi connectivity index (χ2n) is 8.27. The fourth-order valence-electron chi connectivity index (χ4n) is 3.35. The Morgan fingerprint density at radius 2 is 1.61 bits per heavy atom. The zero-order valence-corrected chi connectivity index (χ0v) is 16.4. The van der Waals surface area contributed by atoms with Gasteiger partial charge >= 0.3 is 7.12 Å². The molecular formula is C21H23BF2N2O2. The lowest BCUT2D eigenvalue weighted by atomic mass is 9.77. The van der Waals surface area contributed by atoms with Crippen LogP contribution in [0.1, 0.15) is 33.3 Å². The summed E-state index contributed by atoms with van der Waals surface area (Å²) < 4.78 is 42.9. The van der Waals surface area contributed by atoms with Crippen LogP contribution in [-0.2, 0) is 21.8 Å². The molecule has 1 aromatic heterocycles. The smallest absolute Gasteiger partial charge is 0.399 e. The summed E-state index contributed by atoms with van der Waals surface area (Å²) >= 11 is 0. The summed E-state index contributed by atoms with van der Waals surface area (Å²) in [5.74, 6) is -3.02. The lowest BCUT2D eigenvalue weighted by molar-refractivity contribution is -0.0252. The van der Waals surface area contributed by atoms with Gasteiger partial charge in [0.1, 0.15) is 6.54 Å². The Bertz CT molecular complexity index is 986. The molecule has 0 amide bonds. The van der Waals surface area contributed by atoms with Gasteiger partial charge in [-0.05, 0) is 39.2 Å². The van der Waals surface area contributed by atoms with Crippen LogP contribution in [0.4, 0.5) is 8.78 Å². The van der Waals surface area contributed by atoms with Crippen LogP contribution in [0.5, 0.6) is 0 Å². The SMILES string of the molecule is CC1(C)OB(c2cccc3nn(CC(F)(F)c4ccccc4)cc23)OC1(C)C. The van der Waals surface area contributed by atoms with E-state index in [9.17, 15) is 8.78 Å². The quantitative estimate of drug-likeness (QED) is 0.635. The van der Waals surface area contributed by atoms with E-state index < -0.39 is 30.8 Å². The first-order chi connectivity index (χ1) is 13.1. The van der Waals surface area contributed by atoms with Crippen LogP contribution in [0.25, 0.3) is 10.9 Å². The zero-order chi connectivity index (χ0) is 20.2. The summed E-state index contributed by atoms with van der Waals surface area (Å²) in [6, 6.07) is 13.3. The average molecular weight is 384 g/mol. The van der Waals surface area contributed by atoms with Gasteiger partial charge in [-0.25, -0.2) is 0 Å². The van der Waals surface area contributed by atoms with Gasteiger partial charge < -0.3 is 9.31 Å². The van der Waals surface area contributed by atoms with Crippen LogP contribution in [0.2, 0.25) is 0 Å². The third-order valence-electron chi connectivity index (χ3n) is 5.70. The Kier molecular flexibility index (Phi) is 4.36. The molecule has 0 saturated carbocycles. The van der Waals surface area contributed by atoms with Crippen molar-refractivity contribution in [3.8, 4) is 0 Å². The largest absolute Gasteiger partial charge is 0.495 e. The summed E-state index contributed by atoms with van der Waals surface area (Å²) in [5, 5.41) is 5.11. The minimum atomic E-state index is -3.02. The number of benzene rings is 2. The molecule has 0 bridgehead atoms. The molecule has 2 aromatic carbocycles. The predicted molar refractivity (Wildman–Crippen MR) is 106 cm³/mol. The lowest BCUT2D eigenvalue weighted by Gasteiger charge is -2.32. The number of halogens is 2. The van der Waals surface area contributed by atoms with Crippen molar-refractivity contribution < 1.29 is 18.1 Å². The molecule has 0 radical (unpaired) electrons. The van der Waals surface area contributed by atoms with E-state index in [-0.39, 0.29) is 5.56 Å². The van der Waals surface area contributed by atoms with E-state index >= 15 is 0 Å². The maximum atomic E-state index is 14.7. The average Bonchev–Trinajstić information content (AvgIpc) is 3.11. The molecule has 3 aromatic rings. The molecule has 0 atom stereocenters. The molecule has 4 rings (SSSR count). The van der Waals surface area contributed by atoms with E-state index in [1.54, 1.807) is 30.5 Å². The summed E-state index contributed by atoms with van der Waals surface area (Å²) in [5.41, 5.74) is 0.453. The number of nitrogens with zero attached hydrogens (tertiary/aromatic N) is 2. The maximum absolute atomic E-state index is 14.7. The van der Waals surface area contributed by atoms with Crippen molar-refractivity contribution in [2.24, 2.45) is 0 Å². The fourth-order valence-corrected chi connectivity index (χ4v) is 3.35. The Morgan fingerprint density at radius 3 is 2.25 bits per heavy atom. The van der Waals surface area contributed by atoms with Crippen molar-refractivity contribution in [2.45, 2.75) is 51.4 Å². The highest BCUT2D eigenvalue weighted by molar-refractivity contribution is 6.65. The molecule has 4 nitrogen and oxygen atoms in total. The Balaban J connectivity index is 1.67. The van der Waals surface area contributed by atoms with Gasteiger partial charge in [-0.2, -0.15) is 13.9 Å². The molecule has 7 heteroatoms. The normalized spacial score (nSPS) is 18.7. The van der Waals surface area contributed by atoms with E-state index in [4.69, 9.17) is 9.31 Å². The lowest BCUT2D eigenvalue weighted by Crippen LogP contribution is -2.41. The summed E-state index contributed by atoms with van der Waals surface area (Å²) in [6.07, 6.45) is 1.65. The van der Waals surface area contributed by atoms with E-state index in [0.717, 1.165) is 10.8 Å². The number of hydrogen-bond acceptors (Lipinski definition) is 3. The van der Waals surface area contributed by atoms with Crippen molar-refractivity contribution in [1.82, 2.24) is 9.78 Å². The first kappa shape index (κ1) is 19.1. The molecule has 1 aliphatic heterocycles. The second kappa shape index (κ2) is 6.39. The van der Waals surface area contributed by atoms with Crippen LogP contribution < -0.4 is 5.46 Å². The van der Waals surface area contributed by atoms with Gasteiger partial charge in [-0.1, -0.05) is 42.5 Å². The van der Waals surface area contributed by atoms with Gasteiger partial charge in [0.2, 0.25) is 0 Å². The highest BCUT2D eigenvalue weighted by Crippen LogP contribution is 2.37. The van der Waals surface area contributed by atoms with Crippen LogP contribution >= 0.6 is 0 Å². The van der Waals surface area contributed by atoms with Crippen molar-refractivity contribution in [3.63, 3.8) is 0 Å². The van der Waals surface area contributed by atoms with Gasteiger partial charge in [0.15, 0.2) is 0 Å². The molecule has 28 heavy (non-hydrogen) atoms. The molecular weight excluding hydrogens is 361 g/mol. The zero-order valence-electron chi connectivity index (χ0n) is 16.4. The molecule has 1 aliphatic rings. The number of fused-ring (bicyclic) bond motifs is 1. The van der Waals surface area contributed by atoms with Crippen molar-refractivity contribution >= 4 is 23.5 Å². The summed E-state index contributed by atoms with van der Waals surface area (Å²) in [7, 11) is -0.569. The van der Waals surface area contributed by atoms with Gasteiger partial charge in [0.25, 0.3) is 5.92 Å². The third-order valence-corrected chi connectivity index (χ3v) is 5.70. The maximum Gasteiger partial charge on any atom is 0.495 e. The van der Waals surface area contributed by atoms with E-state index in [0.29, 0.717) is 5.52 Å². The Morgan fingerprint density at radius 1 is 0.964 bits per heavy atom. The number of rotatable bonds is 4. The topological polar surface area (TPSA) is 36.3 Å². The van der Waals surface area contributed by atoms with Gasteiger partial charge in [-0.15, -0.1) is 0 Å². The van der Waals surface area contributed by atoms with Gasteiger partial charge in [-0.3, -0.25) is 4.68 Å². The Labute approximate surface area is 163 Å². The molecule has 0 spiro atoms. The molecule has 146 valence electrons. The summed E-state index contributed by atoms with van der Waals surface area (Å²) in [6.45, 7) is 7.40. The predicted octanol–water partition coefficient (Wildman–Crippen LogP) is 4.13. The first-order valence-electron chi connectivity index (χ1n) is 9.34.